The number of Topliss-reactive ketones (excluding diaryl/α,β-unsaturated/α-hetero) is 1. The van der Waals surface area contributed by atoms with E-state index in [2.05, 4.69) is 20.1 Å². The highest BCUT2D eigenvalue weighted by Gasteiger charge is 2.20. The van der Waals surface area contributed by atoms with E-state index in [0.29, 0.717) is 11.9 Å². The number of hydrogen-bond acceptors (Lipinski definition) is 8. The van der Waals surface area contributed by atoms with Crippen LogP contribution in [0.15, 0.2) is 45.7 Å². The highest BCUT2D eigenvalue weighted by Crippen LogP contribution is 2.19. The molecule has 0 spiro atoms. The van der Waals surface area contributed by atoms with Gasteiger partial charge in [0.1, 0.15) is 0 Å². The molecule has 0 saturated carbocycles. The summed E-state index contributed by atoms with van der Waals surface area (Å²) in [4.78, 5) is 26.3. The standard InChI is InChI=1S/C11H12N2O5S3/c1-3-4-10(9(15)6-19-8(2)14)20-13-21(16,17)11-5-12-7-18-11/h3-5,7,13H,1,6H2,2H3/b10-4-. The monoisotopic (exact) mass is 348 g/mol. The topological polar surface area (TPSA) is 106 Å². The van der Waals surface area contributed by atoms with Crippen LogP contribution in [0.4, 0.5) is 0 Å². The van der Waals surface area contributed by atoms with Crippen molar-refractivity contribution in [2.45, 2.75) is 12.0 Å². The summed E-state index contributed by atoms with van der Waals surface area (Å²) in [6.07, 6.45) is 4.72. The van der Waals surface area contributed by atoms with Gasteiger partial charge in [0, 0.05) is 6.92 Å². The van der Waals surface area contributed by atoms with Crippen molar-refractivity contribution in [2.75, 3.05) is 5.75 Å². The van der Waals surface area contributed by atoms with Gasteiger partial charge in [-0.15, -0.1) is 4.13 Å². The Morgan fingerprint density at radius 2 is 2.24 bits per heavy atom. The molecule has 0 amide bonds. The summed E-state index contributed by atoms with van der Waals surface area (Å²) in [5.41, 5.74) is 0. The lowest BCUT2D eigenvalue weighted by Crippen LogP contribution is -2.18. The number of thioether (sulfide) groups is 1. The zero-order valence-electron chi connectivity index (χ0n) is 10.9. The minimum atomic E-state index is -3.91. The first-order valence-corrected chi connectivity index (χ1v) is 8.71. The Kier molecular flexibility index (Phi) is 6.89. The molecule has 21 heavy (non-hydrogen) atoms. The molecule has 114 valence electrons. The number of hydrogen-bond donors (Lipinski definition) is 1. The van der Waals surface area contributed by atoms with Crippen LogP contribution in [0.2, 0.25) is 0 Å². The minimum absolute atomic E-state index is 0.0773. The minimum Gasteiger partial charge on any atom is -0.431 e. The Labute approximate surface area is 130 Å². The molecule has 0 aliphatic rings. The van der Waals surface area contributed by atoms with Crippen LogP contribution in [0.3, 0.4) is 0 Å². The fourth-order valence-electron chi connectivity index (χ4n) is 1.01. The number of nitrogens with zero attached hydrogens (tertiary/aromatic N) is 1. The molecule has 0 fully saturated rings. The average molecular weight is 348 g/mol. The molecule has 0 aliphatic heterocycles. The zero-order valence-corrected chi connectivity index (χ0v) is 13.4. The summed E-state index contributed by atoms with van der Waals surface area (Å²) in [7, 11) is -3.91. The summed E-state index contributed by atoms with van der Waals surface area (Å²) >= 11 is 1.44. The number of aromatic nitrogens is 1. The fourth-order valence-corrected chi connectivity index (χ4v) is 3.43. The van der Waals surface area contributed by atoms with Gasteiger partial charge in [-0.1, -0.05) is 24.4 Å². The molecule has 1 heterocycles. The van der Waals surface area contributed by atoms with E-state index in [1.807, 2.05) is 0 Å². The largest absolute Gasteiger partial charge is 0.431 e. The first kappa shape index (κ1) is 17.7. The van der Waals surface area contributed by atoms with Gasteiger partial charge in [-0.3, -0.25) is 9.59 Å². The van der Waals surface area contributed by atoms with Crippen molar-refractivity contribution in [1.82, 2.24) is 9.11 Å². The van der Waals surface area contributed by atoms with Crippen molar-refractivity contribution in [3.8, 4) is 0 Å². The fraction of sp³-hybridized carbons (Fsp3) is 0.182. The Hall–Kier alpha value is -1.36. The Balaban J connectivity index is 2.72. The van der Waals surface area contributed by atoms with Gasteiger partial charge in [0.2, 0.25) is 0 Å². The lowest BCUT2D eigenvalue weighted by Gasteiger charge is -2.06. The second-order valence-corrected chi connectivity index (χ2v) is 7.35. The van der Waals surface area contributed by atoms with Crippen LogP contribution in [-0.2, 0) is 19.6 Å². The van der Waals surface area contributed by atoms with E-state index in [9.17, 15) is 18.0 Å². The van der Waals surface area contributed by atoms with Crippen LogP contribution in [0, 0.1) is 0 Å². The Bertz CT molecular complexity index is 649. The first-order valence-electron chi connectivity index (χ1n) is 5.43. The third kappa shape index (κ3) is 5.87. The van der Waals surface area contributed by atoms with Crippen LogP contribution in [0.5, 0.6) is 0 Å². The maximum atomic E-state index is 11.9. The van der Waals surface area contributed by atoms with Crippen molar-refractivity contribution in [1.29, 1.82) is 0 Å². The van der Waals surface area contributed by atoms with Crippen LogP contribution in [0.1, 0.15) is 6.92 Å². The van der Waals surface area contributed by atoms with E-state index in [1.54, 1.807) is 0 Å². The van der Waals surface area contributed by atoms with Gasteiger partial charge in [0.05, 0.1) is 16.9 Å². The van der Waals surface area contributed by atoms with E-state index in [0.717, 1.165) is 24.4 Å². The van der Waals surface area contributed by atoms with Crippen LogP contribution >= 0.6 is 23.7 Å². The molecule has 0 aromatic carbocycles. The number of nitrogens with one attached hydrogen (secondary N) is 1. The summed E-state index contributed by atoms with van der Waals surface area (Å²) in [5.74, 6) is -0.466. The predicted octanol–water partition coefficient (Wildman–Crippen LogP) is 1.52. The maximum absolute atomic E-state index is 11.9. The molecule has 1 aromatic heterocycles. The molecule has 1 rings (SSSR count). The third-order valence-corrected chi connectivity index (χ3v) is 5.23. The number of ketones is 1. The molecule has 1 aromatic rings. The number of carbonyl (C=O) groups is 2. The van der Waals surface area contributed by atoms with E-state index < -0.39 is 10.0 Å². The van der Waals surface area contributed by atoms with E-state index in [4.69, 9.17) is 0 Å². The second kappa shape index (κ2) is 8.17. The molecule has 1 N–H and O–H groups in total. The van der Waals surface area contributed by atoms with E-state index >= 15 is 0 Å². The van der Waals surface area contributed by atoms with Gasteiger partial charge < -0.3 is 4.42 Å². The summed E-state index contributed by atoms with van der Waals surface area (Å²) in [6.45, 7) is 4.79. The molecule has 10 heteroatoms. The zero-order chi connectivity index (χ0) is 15.9. The molecule has 0 atom stereocenters. The summed E-state index contributed by atoms with van der Waals surface area (Å²) in [5, 5.41) is -0.563. The number of rotatable bonds is 8. The molecule has 0 aliphatic carbocycles. The number of oxazole rings is 1. The molecule has 0 bridgehead atoms. The summed E-state index contributed by atoms with van der Waals surface area (Å²) in [6, 6.07) is 0. The van der Waals surface area contributed by atoms with Crippen LogP contribution in [-0.4, -0.2) is 30.1 Å². The molecular formula is C11H12N2O5S3. The maximum Gasteiger partial charge on any atom is 0.285 e. The Morgan fingerprint density at radius 3 is 2.76 bits per heavy atom. The third-order valence-electron chi connectivity index (χ3n) is 1.89. The predicted molar refractivity (Wildman–Crippen MR) is 80.8 cm³/mol. The van der Waals surface area contributed by atoms with Gasteiger partial charge in [0.25, 0.3) is 15.1 Å². The smallest absolute Gasteiger partial charge is 0.285 e. The van der Waals surface area contributed by atoms with Crippen LogP contribution in [0.25, 0.3) is 0 Å². The van der Waals surface area contributed by atoms with Gasteiger partial charge in [0.15, 0.2) is 17.3 Å². The number of allylic oxidation sites excluding steroid dienone is 3. The van der Waals surface area contributed by atoms with Crippen molar-refractivity contribution >= 4 is 44.6 Å². The number of sulfonamides is 1. The average Bonchev–Trinajstić information content (AvgIpc) is 2.95. The molecular weight excluding hydrogens is 336 g/mol. The molecule has 7 nitrogen and oxygen atoms in total. The van der Waals surface area contributed by atoms with Gasteiger partial charge >= 0.3 is 0 Å². The van der Waals surface area contributed by atoms with Crippen molar-refractivity contribution < 1.29 is 22.4 Å². The first-order chi connectivity index (χ1) is 9.86. The van der Waals surface area contributed by atoms with Crippen molar-refractivity contribution in [2.24, 2.45) is 0 Å². The molecule has 0 saturated heterocycles. The van der Waals surface area contributed by atoms with Crippen LogP contribution < -0.4 is 4.13 Å². The summed E-state index contributed by atoms with van der Waals surface area (Å²) < 4.78 is 30.4. The number of carbonyl (C=O) groups excluding carboxylic acids is 2. The highest BCUT2D eigenvalue weighted by atomic mass is 32.3. The lowest BCUT2D eigenvalue weighted by atomic mass is 10.4. The SMILES string of the molecule is C=C/C=C(\SNS(=O)(=O)c1cnco1)C(=O)CSC(C)=O. The van der Waals surface area contributed by atoms with Gasteiger partial charge in [-0.05, 0) is 18.0 Å². The molecule has 0 unspecified atom stereocenters. The van der Waals surface area contributed by atoms with E-state index in [1.165, 1.54) is 19.1 Å². The quantitative estimate of drug-likeness (QED) is 0.428. The highest BCUT2D eigenvalue weighted by molar-refractivity contribution is 8.14. The van der Waals surface area contributed by atoms with Gasteiger partial charge in [-0.2, -0.15) is 0 Å². The molecule has 0 radical (unpaired) electrons. The normalized spacial score (nSPS) is 12.1. The van der Waals surface area contributed by atoms with E-state index in [-0.39, 0.29) is 26.6 Å². The Morgan fingerprint density at radius 1 is 1.52 bits per heavy atom. The lowest BCUT2D eigenvalue weighted by molar-refractivity contribution is -0.113. The van der Waals surface area contributed by atoms with Crippen molar-refractivity contribution in [3.63, 3.8) is 0 Å². The van der Waals surface area contributed by atoms with Gasteiger partial charge in [-0.25, -0.2) is 13.4 Å². The van der Waals surface area contributed by atoms with Crippen molar-refractivity contribution in [3.05, 3.63) is 36.2 Å². The second-order valence-electron chi connectivity index (χ2n) is 3.48.